The molecule has 0 saturated heterocycles. The molecule has 0 fully saturated rings. The number of hydrogen-bond donors (Lipinski definition) is 1. The van der Waals surface area contributed by atoms with Gasteiger partial charge in [-0.3, -0.25) is 18.6 Å². The molecule has 0 rings (SSSR count). The van der Waals surface area contributed by atoms with Crippen LogP contribution in [0.2, 0.25) is 0 Å². The van der Waals surface area contributed by atoms with Gasteiger partial charge in [-0.25, -0.2) is 4.57 Å². The first-order valence-electron chi connectivity index (χ1n) is 32.9. The Balaban J connectivity index is 3.88. The SMILES string of the molecule is CCCC/C=C\C/C=C\CCCCCCCC(=O)OCC(COP(=O)(O)OCC[N+](C)(C)C)OC(=O)CCCCCCCCCCCCCCCCCCCCCCCCCCCCC/C=C\C/C=C\CCCCCCC. The Morgan fingerprint density at radius 3 is 1.06 bits per heavy atom. The van der Waals surface area contributed by atoms with Crippen LogP contribution in [-0.4, -0.2) is 74.9 Å². The van der Waals surface area contributed by atoms with Crippen LogP contribution in [0.5, 0.6) is 0 Å². The third-order valence-electron chi connectivity index (χ3n) is 14.6. The minimum absolute atomic E-state index is 0.0305. The number of nitrogens with zero attached hydrogens (tertiary/aromatic N) is 1. The van der Waals surface area contributed by atoms with Gasteiger partial charge in [0.2, 0.25) is 0 Å². The summed E-state index contributed by atoms with van der Waals surface area (Å²) in [5.74, 6) is -0.802. The second kappa shape index (κ2) is 58.6. The van der Waals surface area contributed by atoms with Crippen molar-refractivity contribution in [3.05, 3.63) is 48.6 Å². The third kappa shape index (κ3) is 63.0. The van der Waals surface area contributed by atoms with Gasteiger partial charge in [-0.15, -0.1) is 0 Å². The van der Waals surface area contributed by atoms with Gasteiger partial charge in [0.1, 0.15) is 19.8 Å². The molecule has 0 heterocycles. The van der Waals surface area contributed by atoms with Crippen LogP contribution in [0.25, 0.3) is 0 Å². The smallest absolute Gasteiger partial charge is 0.462 e. The number of rotatable bonds is 61. The van der Waals surface area contributed by atoms with E-state index in [-0.39, 0.29) is 32.0 Å². The van der Waals surface area contributed by atoms with Crippen LogP contribution in [0.1, 0.15) is 316 Å². The second-order valence-corrected chi connectivity index (χ2v) is 25.0. The number of allylic oxidation sites excluding steroid dienone is 8. The molecule has 0 aliphatic rings. The zero-order valence-corrected chi connectivity index (χ0v) is 52.4. The number of esters is 2. The molecular formula is C67H127NO8P+. The average molecular weight is 1110 g/mol. The van der Waals surface area contributed by atoms with Crippen molar-refractivity contribution in [2.75, 3.05) is 47.5 Å². The summed E-state index contributed by atoms with van der Waals surface area (Å²) in [5, 5.41) is 0. The van der Waals surface area contributed by atoms with Gasteiger partial charge in [0.25, 0.3) is 0 Å². The van der Waals surface area contributed by atoms with Crippen LogP contribution in [0.4, 0.5) is 0 Å². The summed E-state index contributed by atoms with van der Waals surface area (Å²) in [4.78, 5) is 35.7. The molecule has 77 heavy (non-hydrogen) atoms. The summed E-state index contributed by atoms with van der Waals surface area (Å²) in [6, 6.07) is 0. The molecule has 0 radical (unpaired) electrons. The Bertz CT molecular complexity index is 1440. The second-order valence-electron chi connectivity index (χ2n) is 23.5. The highest BCUT2D eigenvalue weighted by molar-refractivity contribution is 7.47. The summed E-state index contributed by atoms with van der Waals surface area (Å²) >= 11 is 0. The predicted octanol–water partition coefficient (Wildman–Crippen LogP) is 20.9. The summed E-state index contributed by atoms with van der Waals surface area (Å²) in [7, 11) is 1.48. The maximum Gasteiger partial charge on any atom is 0.472 e. The standard InChI is InChI=1S/C67H126NO8P/c1-6-8-10-12-14-16-18-20-22-23-24-25-26-27-28-29-30-31-32-33-34-35-36-37-38-39-40-41-42-43-44-45-46-48-50-52-54-56-58-60-67(70)76-65(64-75-77(71,72)74-62-61-68(3,4)5)63-73-66(69)59-57-55-53-51-49-47-21-19-17-15-13-11-9-7-2/h13,15,18-21,23-24,65H,6-12,14,16-17,22,25-64H2,1-5H3/p+1/b15-13-,20-18-,21-19-,24-23-. The molecule has 0 spiro atoms. The van der Waals surface area contributed by atoms with Crippen molar-refractivity contribution in [3.8, 4) is 0 Å². The molecule has 2 atom stereocenters. The lowest BCUT2D eigenvalue weighted by molar-refractivity contribution is -0.870. The number of hydrogen-bond acceptors (Lipinski definition) is 7. The van der Waals surface area contributed by atoms with Gasteiger partial charge in [0.05, 0.1) is 27.7 Å². The number of likely N-dealkylation sites (N-methyl/N-ethyl adjacent to an activating group) is 1. The summed E-state index contributed by atoms with van der Waals surface area (Å²) in [6.07, 6.45) is 75.2. The van der Waals surface area contributed by atoms with Crippen molar-refractivity contribution in [1.82, 2.24) is 0 Å². The maximum atomic E-state index is 12.8. The topological polar surface area (TPSA) is 108 Å². The number of phosphoric ester groups is 1. The molecule has 0 aliphatic heterocycles. The van der Waals surface area contributed by atoms with E-state index in [0.29, 0.717) is 17.4 Å². The van der Waals surface area contributed by atoms with Gasteiger partial charge in [0, 0.05) is 12.8 Å². The fraction of sp³-hybridized carbons (Fsp3) is 0.851. The summed E-state index contributed by atoms with van der Waals surface area (Å²) < 4.78 is 34.6. The number of carbonyl (C=O) groups is 2. The first kappa shape index (κ1) is 75.0. The Hall–Kier alpha value is -2.03. The van der Waals surface area contributed by atoms with Crippen molar-refractivity contribution in [3.63, 3.8) is 0 Å². The van der Waals surface area contributed by atoms with Crippen molar-refractivity contribution in [2.45, 2.75) is 322 Å². The molecule has 0 amide bonds. The Morgan fingerprint density at radius 1 is 0.403 bits per heavy atom. The predicted molar refractivity (Wildman–Crippen MR) is 330 cm³/mol. The first-order valence-corrected chi connectivity index (χ1v) is 34.4. The highest BCUT2D eigenvalue weighted by Crippen LogP contribution is 2.43. The molecule has 1 N–H and O–H groups in total. The minimum Gasteiger partial charge on any atom is -0.462 e. The Morgan fingerprint density at radius 2 is 0.714 bits per heavy atom. The highest BCUT2D eigenvalue weighted by atomic mass is 31.2. The zero-order valence-electron chi connectivity index (χ0n) is 51.5. The van der Waals surface area contributed by atoms with E-state index in [4.69, 9.17) is 18.5 Å². The number of carbonyl (C=O) groups excluding carboxylic acids is 2. The monoisotopic (exact) mass is 1100 g/mol. The number of unbranched alkanes of at least 4 members (excludes halogenated alkanes) is 39. The minimum atomic E-state index is -4.39. The number of quaternary nitrogens is 1. The van der Waals surface area contributed by atoms with Gasteiger partial charge in [0.15, 0.2) is 6.10 Å². The first-order chi connectivity index (χ1) is 37.5. The lowest BCUT2D eigenvalue weighted by Crippen LogP contribution is -2.37. The van der Waals surface area contributed by atoms with E-state index in [9.17, 15) is 19.0 Å². The molecule has 0 aromatic heterocycles. The van der Waals surface area contributed by atoms with E-state index in [2.05, 4.69) is 62.5 Å². The van der Waals surface area contributed by atoms with E-state index in [1.54, 1.807) is 0 Å². The normalized spacial score (nSPS) is 13.5. The van der Waals surface area contributed by atoms with Gasteiger partial charge in [-0.2, -0.15) is 0 Å². The summed E-state index contributed by atoms with van der Waals surface area (Å²) in [6.45, 7) is 4.40. The maximum absolute atomic E-state index is 12.8. The van der Waals surface area contributed by atoms with E-state index < -0.39 is 26.5 Å². The van der Waals surface area contributed by atoms with Crippen LogP contribution in [0.15, 0.2) is 48.6 Å². The van der Waals surface area contributed by atoms with Crippen LogP contribution < -0.4 is 0 Å². The Labute approximate surface area is 477 Å². The molecule has 452 valence electrons. The van der Waals surface area contributed by atoms with Crippen LogP contribution in [0.3, 0.4) is 0 Å². The summed E-state index contributed by atoms with van der Waals surface area (Å²) in [5.41, 5.74) is 0. The van der Waals surface area contributed by atoms with Crippen LogP contribution in [0, 0.1) is 0 Å². The van der Waals surface area contributed by atoms with Gasteiger partial charge < -0.3 is 18.9 Å². The third-order valence-corrected chi connectivity index (χ3v) is 15.6. The van der Waals surface area contributed by atoms with Gasteiger partial charge in [-0.05, 0) is 70.6 Å². The molecule has 0 bridgehead atoms. The molecule has 0 aliphatic carbocycles. The molecule has 0 aromatic rings. The van der Waals surface area contributed by atoms with Gasteiger partial charge in [-0.1, -0.05) is 281 Å². The number of ether oxygens (including phenoxy) is 2. The zero-order chi connectivity index (χ0) is 56.3. The van der Waals surface area contributed by atoms with Crippen molar-refractivity contribution >= 4 is 19.8 Å². The molecule has 0 saturated carbocycles. The van der Waals surface area contributed by atoms with E-state index >= 15 is 0 Å². The van der Waals surface area contributed by atoms with Crippen molar-refractivity contribution < 1.29 is 42.1 Å². The largest absolute Gasteiger partial charge is 0.472 e. The molecule has 10 heteroatoms. The van der Waals surface area contributed by atoms with Crippen LogP contribution >= 0.6 is 7.82 Å². The van der Waals surface area contributed by atoms with Crippen molar-refractivity contribution in [2.24, 2.45) is 0 Å². The van der Waals surface area contributed by atoms with E-state index in [1.807, 2.05) is 21.1 Å². The van der Waals surface area contributed by atoms with Gasteiger partial charge >= 0.3 is 19.8 Å². The highest BCUT2D eigenvalue weighted by Gasteiger charge is 2.27. The van der Waals surface area contributed by atoms with Crippen LogP contribution in [-0.2, 0) is 32.7 Å². The van der Waals surface area contributed by atoms with E-state index in [0.717, 1.165) is 64.2 Å². The molecule has 0 aromatic carbocycles. The fourth-order valence-corrected chi connectivity index (χ4v) is 10.2. The molecule has 9 nitrogen and oxygen atoms in total. The average Bonchev–Trinajstić information content (AvgIpc) is 3.39. The van der Waals surface area contributed by atoms with E-state index in [1.165, 1.54) is 218 Å². The number of phosphoric acid groups is 1. The molecular weight excluding hydrogens is 978 g/mol. The lowest BCUT2D eigenvalue weighted by atomic mass is 10.0. The lowest BCUT2D eigenvalue weighted by Gasteiger charge is -2.24. The molecule has 2 unspecified atom stereocenters. The quantitative estimate of drug-likeness (QED) is 0.0211. The fourth-order valence-electron chi connectivity index (χ4n) is 9.48. The Kier molecular flexibility index (Phi) is 57.1. The van der Waals surface area contributed by atoms with Crippen molar-refractivity contribution in [1.29, 1.82) is 0 Å².